The van der Waals surface area contributed by atoms with Gasteiger partial charge in [0.05, 0.1) is 49.0 Å². The van der Waals surface area contributed by atoms with Crippen LogP contribution in [0.2, 0.25) is 0 Å². The van der Waals surface area contributed by atoms with Gasteiger partial charge in [0.15, 0.2) is 0 Å². The molecule has 4 amide bonds. The molecule has 0 saturated carbocycles. The van der Waals surface area contributed by atoms with E-state index in [4.69, 9.17) is 18.9 Å². The molecule has 5 rings (SSSR count). The van der Waals surface area contributed by atoms with E-state index in [2.05, 4.69) is 34.9 Å². The summed E-state index contributed by atoms with van der Waals surface area (Å²) in [6.07, 6.45) is 2.50. The van der Waals surface area contributed by atoms with Crippen molar-refractivity contribution >= 4 is 35.6 Å². The average Bonchev–Trinajstić information content (AvgIpc) is 3.92. The lowest BCUT2D eigenvalue weighted by Gasteiger charge is -2.41. The van der Waals surface area contributed by atoms with Crippen LogP contribution in [0.3, 0.4) is 0 Å². The van der Waals surface area contributed by atoms with Gasteiger partial charge in [-0.25, -0.2) is 4.79 Å². The lowest BCUT2D eigenvalue weighted by Crippen LogP contribution is -2.58. The van der Waals surface area contributed by atoms with Crippen LogP contribution < -0.4 is 10.6 Å². The van der Waals surface area contributed by atoms with Crippen molar-refractivity contribution in [1.29, 1.82) is 0 Å². The van der Waals surface area contributed by atoms with E-state index in [1.54, 1.807) is 51.7 Å². The maximum Gasteiger partial charge on any atom is 0.329 e. The fourth-order valence-corrected chi connectivity index (χ4v) is 11.2. The molecular weight excluding hydrogens is 961 g/mol. The minimum atomic E-state index is -0.954. The monoisotopic (exact) mass is 1050 g/mol. The minimum Gasteiger partial charge on any atom is -0.464 e. The lowest BCUT2D eigenvalue weighted by molar-refractivity contribution is -0.159. The van der Waals surface area contributed by atoms with Crippen molar-refractivity contribution in [2.45, 2.75) is 176 Å². The fourth-order valence-electron chi connectivity index (χ4n) is 11.2. The van der Waals surface area contributed by atoms with Crippen molar-refractivity contribution in [3.05, 3.63) is 107 Å². The molecule has 0 spiro atoms. The average molecular weight is 1050 g/mol. The Labute approximate surface area is 453 Å². The summed E-state index contributed by atoms with van der Waals surface area (Å²) in [5, 5.41) is 6.03. The second kappa shape index (κ2) is 27.5. The predicted molar refractivity (Wildman–Crippen MR) is 297 cm³/mol. The zero-order valence-electron chi connectivity index (χ0n) is 48.0. The van der Waals surface area contributed by atoms with Crippen molar-refractivity contribution in [3.8, 4) is 11.1 Å². The van der Waals surface area contributed by atoms with Gasteiger partial charge in [0.2, 0.25) is 23.6 Å². The Balaban J connectivity index is 1.26. The second-order valence-electron chi connectivity index (χ2n) is 23.0. The molecule has 2 aliphatic rings. The van der Waals surface area contributed by atoms with Crippen LogP contribution in [-0.2, 0) is 54.1 Å². The molecule has 10 atom stereocenters. The summed E-state index contributed by atoms with van der Waals surface area (Å²) in [6.45, 7) is 22.8. The largest absolute Gasteiger partial charge is 0.464 e. The molecular formula is C62H88N4O10. The number of esters is 2. The van der Waals surface area contributed by atoms with E-state index in [1.807, 2.05) is 116 Å². The van der Waals surface area contributed by atoms with Gasteiger partial charge in [-0.05, 0) is 93.0 Å². The van der Waals surface area contributed by atoms with Gasteiger partial charge in [0.25, 0.3) is 0 Å². The Kier molecular flexibility index (Phi) is 22.0. The summed E-state index contributed by atoms with van der Waals surface area (Å²) in [5.74, 6) is -4.20. The first-order valence-corrected chi connectivity index (χ1v) is 27.4. The molecule has 1 fully saturated rings. The maximum absolute atomic E-state index is 14.8. The minimum absolute atomic E-state index is 0.0123. The molecule has 3 unspecified atom stereocenters. The Bertz CT molecular complexity index is 2440. The van der Waals surface area contributed by atoms with Crippen LogP contribution in [0.25, 0.3) is 11.1 Å². The van der Waals surface area contributed by atoms with E-state index in [9.17, 15) is 28.8 Å². The Morgan fingerprint density at radius 3 is 1.92 bits per heavy atom. The van der Waals surface area contributed by atoms with Gasteiger partial charge >= 0.3 is 11.9 Å². The van der Waals surface area contributed by atoms with Crippen LogP contribution in [0.1, 0.15) is 138 Å². The van der Waals surface area contributed by atoms with E-state index in [0.717, 1.165) is 27.8 Å². The van der Waals surface area contributed by atoms with Gasteiger partial charge in [0, 0.05) is 39.6 Å². The highest BCUT2D eigenvalue weighted by atomic mass is 16.6. The second-order valence-corrected chi connectivity index (χ2v) is 23.0. The molecule has 2 N–H and O–H groups in total. The number of ether oxygens (including phenoxy) is 4. The molecule has 3 aromatic carbocycles. The number of amides is 4. The number of fused-ring (bicyclic) bond motifs is 3. The number of carbonyl (C=O) groups is 6. The summed E-state index contributed by atoms with van der Waals surface area (Å²) in [5.41, 5.74) is 5.34. The normalized spacial score (nSPS) is 18.9. The van der Waals surface area contributed by atoms with Crippen LogP contribution in [0.5, 0.6) is 0 Å². The predicted octanol–water partition coefficient (Wildman–Crippen LogP) is 9.47. The first-order chi connectivity index (χ1) is 35.9. The molecule has 14 nitrogen and oxygen atoms in total. The molecule has 416 valence electrons. The number of nitrogens with one attached hydrogen (secondary N) is 2. The first-order valence-electron chi connectivity index (χ1n) is 27.4. The van der Waals surface area contributed by atoms with Crippen molar-refractivity contribution in [1.82, 2.24) is 20.4 Å². The van der Waals surface area contributed by atoms with E-state index < -0.39 is 65.7 Å². The number of likely N-dealkylation sites (tertiary alicyclic amines) is 1. The zero-order valence-corrected chi connectivity index (χ0v) is 48.0. The standard InChI is InChI=1S/C62H88N4O10/c1-16-40(7)56(52(73-14)35-53(67)66-41(8)30-31-51(66)57(74-15)42(9)58(69)63-50(61(72)76-62(10,11)12)34-43-24-18-17-19-25-43)65(13)60(71)55(38(4)5)64-59(70)48(37(2)3)32-39(6)33-54(68)75-36-49-46-28-22-20-26-44(46)45-27-21-23-29-47(45)49/h17-29,32,37-38,40-42,48-52,55-57H,16,30-31,33-36H2,1-15H3,(H,63,69)(H,64,70)/b39-32+/t40-,41-,42+,48-,50-,51-,52?,55-,56?,57?/m0/s1. The lowest BCUT2D eigenvalue weighted by atomic mass is 9.88. The van der Waals surface area contributed by atoms with Crippen molar-refractivity contribution in [2.75, 3.05) is 27.9 Å². The van der Waals surface area contributed by atoms with E-state index in [0.29, 0.717) is 24.8 Å². The zero-order chi connectivity index (χ0) is 56.2. The quantitative estimate of drug-likeness (QED) is 0.0616. The number of benzene rings is 3. The number of hydrogen-bond acceptors (Lipinski definition) is 10. The third-order valence-corrected chi connectivity index (χ3v) is 15.4. The van der Waals surface area contributed by atoms with Gasteiger partial charge in [-0.2, -0.15) is 0 Å². The maximum atomic E-state index is 14.8. The summed E-state index contributed by atoms with van der Waals surface area (Å²) in [6, 6.07) is 22.7. The van der Waals surface area contributed by atoms with Crippen molar-refractivity contribution in [3.63, 3.8) is 0 Å². The van der Waals surface area contributed by atoms with Gasteiger partial charge in [-0.15, -0.1) is 0 Å². The Morgan fingerprint density at radius 2 is 1.38 bits per heavy atom. The number of carbonyl (C=O) groups excluding carboxylic acids is 6. The number of rotatable bonds is 25. The molecule has 0 bridgehead atoms. The molecule has 0 aromatic heterocycles. The number of hydrogen-bond donors (Lipinski definition) is 2. The van der Waals surface area contributed by atoms with Crippen LogP contribution in [0, 0.1) is 29.6 Å². The van der Waals surface area contributed by atoms with E-state index in [1.165, 1.54) is 7.11 Å². The summed E-state index contributed by atoms with van der Waals surface area (Å²) < 4.78 is 23.9. The van der Waals surface area contributed by atoms with Crippen molar-refractivity contribution < 1.29 is 47.7 Å². The summed E-state index contributed by atoms with van der Waals surface area (Å²) in [7, 11) is 4.79. The van der Waals surface area contributed by atoms with E-state index in [-0.39, 0.29) is 79.3 Å². The molecule has 0 radical (unpaired) electrons. The molecule has 3 aromatic rings. The summed E-state index contributed by atoms with van der Waals surface area (Å²) >= 11 is 0. The Hall–Kier alpha value is -5.86. The van der Waals surface area contributed by atoms with Crippen LogP contribution >= 0.6 is 0 Å². The molecule has 1 aliphatic heterocycles. The summed E-state index contributed by atoms with van der Waals surface area (Å²) in [4.78, 5) is 88.2. The number of methoxy groups -OCH3 is 2. The number of nitrogens with zero attached hydrogens (tertiary/aromatic N) is 2. The third kappa shape index (κ3) is 15.4. The van der Waals surface area contributed by atoms with Gasteiger partial charge in [-0.3, -0.25) is 24.0 Å². The fraction of sp³-hybridized carbons (Fsp3) is 0.581. The topological polar surface area (TPSA) is 170 Å². The SMILES string of the molecule is CC[C@H](C)C(C(CC(=O)N1[C@@H](C)CC[C@H]1C(OC)[C@@H](C)C(=O)N[C@@H](Cc1ccccc1)C(=O)OC(C)(C)C)OC)N(C)C(=O)[C@@H](NC(=O)[C@@H](/C=C(\C)CC(=O)OCC1c2ccccc2-c2ccccc21)C(C)C)C(C)C. The first kappa shape index (κ1) is 61.0. The number of likely N-dealkylation sites (N-methyl/N-ethyl adjacent to an activating group) is 1. The third-order valence-electron chi connectivity index (χ3n) is 15.4. The van der Waals surface area contributed by atoms with Crippen LogP contribution in [0.4, 0.5) is 0 Å². The smallest absolute Gasteiger partial charge is 0.329 e. The van der Waals surface area contributed by atoms with Gasteiger partial charge in [0.1, 0.15) is 24.3 Å². The molecule has 76 heavy (non-hydrogen) atoms. The molecule has 1 heterocycles. The Morgan fingerprint density at radius 1 is 0.789 bits per heavy atom. The van der Waals surface area contributed by atoms with Crippen molar-refractivity contribution in [2.24, 2.45) is 29.6 Å². The molecule has 1 aliphatic carbocycles. The molecule has 1 saturated heterocycles. The molecule has 14 heteroatoms. The van der Waals surface area contributed by atoms with Gasteiger partial charge in [-0.1, -0.05) is 145 Å². The highest BCUT2D eigenvalue weighted by Crippen LogP contribution is 2.44. The van der Waals surface area contributed by atoms with Crippen LogP contribution in [-0.4, -0.2) is 121 Å². The highest BCUT2D eigenvalue weighted by molar-refractivity contribution is 5.90. The highest BCUT2D eigenvalue weighted by Gasteiger charge is 2.46. The van der Waals surface area contributed by atoms with E-state index >= 15 is 0 Å². The van der Waals surface area contributed by atoms with Crippen LogP contribution in [0.15, 0.2) is 90.5 Å². The van der Waals surface area contributed by atoms with Gasteiger partial charge < -0.3 is 39.4 Å².